The fourth-order valence-electron chi connectivity index (χ4n) is 2.93. The Balaban J connectivity index is 3.06. The number of methoxy groups -OCH3 is 1. The van der Waals surface area contributed by atoms with Crippen LogP contribution < -0.4 is 5.32 Å². The Morgan fingerprint density at radius 3 is 2.37 bits per heavy atom. The van der Waals surface area contributed by atoms with Gasteiger partial charge < -0.3 is 20.1 Å². The average Bonchev–Trinajstić information content (AvgIpc) is 2.95. The number of carbonyl (C=O) groups excluding carboxylic acids is 2. The van der Waals surface area contributed by atoms with E-state index >= 15 is 0 Å². The third-order valence-electron chi connectivity index (χ3n) is 4.30. The molecule has 3 atom stereocenters. The van der Waals surface area contributed by atoms with Crippen LogP contribution in [0.2, 0.25) is 0 Å². The summed E-state index contributed by atoms with van der Waals surface area (Å²) in [6.07, 6.45) is 5.75. The maximum absolute atomic E-state index is 13.3. The lowest BCUT2D eigenvalue weighted by atomic mass is 10.1. The van der Waals surface area contributed by atoms with Crippen molar-refractivity contribution in [3.8, 4) is 12.3 Å². The zero-order chi connectivity index (χ0) is 23.1. The molecular weight excluding hydrogens is 521 g/mol. The molecule has 1 rings (SSSR count). The molecule has 6 nitrogen and oxygen atoms in total. The van der Waals surface area contributed by atoms with Crippen molar-refractivity contribution in [1.82, 2.24) is 10.2 Å². The van der Waals surface area contributed by atoms with Crippen molar-refractivity contribution in [3.63, 3.8) is 0 Å². The number of hydrogen-bond acceptors (Lipinski definition) is 4. The first kappa shape index (κ1) is 27.8. The average molecular weight is 543 g/mol. The van der Waals surface area contributed by atoms with E-state index in [4.69, 9.17) is 80.8 Å². The van der Waals surface area contributed by atoms with Crippen LogP contribution in [0.5, 0.6) is 0 Å². The number of nitrogens with zero attached hydrogens (tertiary/aromatic N) is 1. The lowest BCUT2D eigenvalue weighted by Gasteiger charge is -2.33. The second-order valence-corrected chi connectivity index (χ2v) is 11.6. The van der Waals surface area contributed by atoms with Crippen LogP contribution >= 0.6 is 69.6 Å². The van der Waals surface area contributed by atoms with E-state index < -0.39 is 37.7 Å². The number of alkyl halides is 6. The minimum atomic E-state index is -1.63. The molecule has 2 amide bonds. The zero-order valence-electron chi connectivity index (χ0n) is 16.0. The van der Waals surface area contributed by atoms with Crippen LogP contribution in [0.25, 0.3) is 0 Å². The maximum atomic E-state index is 13.3. The maximum Gasteiger partial charge on any atom is 0.248 e. The van der Waals surface area contributed by atoms with Gasteiger partial charge in [0.1, 0.15) is 11.8 Å². The molecule has 1 aliphatic heterocycles. The highest BCUT2D eigenvalue weighted by Gasteiger charge is 2.42. The van der Waals surface area contributed by atoms with E-state index in [-0.39, 0.29) is 38.5 Å². The summed E-state index contributed by atoms with van der Waals surface area (Å²) in [4.78, 5) is 26.6. The number of rotatable bonds is 9. The molecule has 12 heteroatoms. The number of aliphatic hydroxyl groups is 1. The summed E-state index contributed by atoms with van der Waals surface area (Å²) >= 11 is 34.9. The quantitative estimate of drug-likeness (QED) is 0.337. The van der Waals surface area contributed by atoms with E-state index in [1.807, 2.05) is 0 Å². The van der Waals surface area contributed by atoms with Gasteiger partial charge in [-0.2, -0.15) is 0 Å². The van der Waals surface area contributed by atoms with Crippen molar-refractivity contribution in [3.05, 3.63) is 11.8 Å². The van der Waals surface area contributed by atoms with Crippen LogP contribution in [0.1, 0.15) is 38.5 Å². The van der Waals surface area contributed by atoms with Crippen molar-refractivity contribution >= 4 is 81.4 Å². The Morgan fingerprint density at radius 1 is 1.27 bits per heavy atom. The SMILES string of the molecule is C#CCCC(=O)NC(CCC(Cl)(Cl)Cl)C(=O)N1C(O)C=C(OC)C1CCC(Cl)(Cl)Cl. The Morgan fingerprint density at radius 2 is 1.87 bits per heavy atom. The normalized spacial score (nSPS) is 20.4. The molecule has 0 aromatic rings. The van der Waals surface area contributed by atoms with E-state index in [9.17, 15) is 14.7 Å². The van der Waals surface area contributed by atoms with E-state index in [1.54, 1.807) is 0 Å². The molecule has 0 spiro atoms. The topological polar surface area (TPSA) is 78.9 Å². The van der Waals surface area contributed by atoms with Crippen LogP contribution in [-0.4, -0.2) is 54.8 Å². The van der Waals surface area contributed by atoms with Gasteiger partial charge in [0.05, 0.1) is 13.2 Å². The first-order valence-corrected chi connectivity index (χ1v) is 11.2. The second-order valence-electron chi connectivity index (χ2n) is 6.58. The number of hydrogen-bond donors (Lipinski definition) is 2. The monoisotopic (exact) mass is 540 g/mol. The highest BCUT2D eigenvalue weighted by atomic mass is 35.6. The van der Waals surface area contributed by atoms with E-state index in [0.717, 1.165) is 4.90 Å². The lowest BCUT2D eigenvalue weighted by molar-refractivity contribution is -0.144. The molecule has 0 aromatic heterocycles. The van der Waals surface area contributed by atoms with Crippen molar-refractivity contribution in [1.29, 1.82) is 0 Å². The molecule has 2 N–H and O–H groups in total. The minimum Gasteiger partial charge on any atom is -0.499 e. The summed E-state index contributed by atoms with van der Waals surface area (Å²) in [7, 11) is 1.40. The third kappa shape index (κ3) is 9.48. The third-order valence-corrected chi connectivity index (χ3v) is 5.43. The standard InChI is InChI=1S/C18H22Cl6N2O4/c1-3-4-5-14(27)25-11(6-8-17(19,20)21)16(29)26-12(7-9-18(22,23)24)13(30-2)10-15(26)28/h1,10-12,15,28H,4-9H2,2H3,(H,25,27). The number of ether oxygens (including phenoxy) is 1. The lowest BCUT2D eigenvalue weighted by Crippen LogP contribution is -2.53. The zero-order valence-corrected chi connectivity index (χ0v) is 20.6. The number of terminal acetylenes is 1. The molecule has 1 heterocycles. The van der Waals surface area contributed by atoms with Gasteiger partial charge in [0.15, 0.2) is 13.8 Å². The molecule has 3 unspecified atom stereocenters. The van der Waals surface area contributed by atoms with E-state index in [2.05, 4.69) is 11.2 Å². The molecule has 170 valence electrons. The fourth-order valence-corrected chi connectivity index (χ4v) is 3.58. The predicted molar refractivity (Wildman–Crippen MR) is 121 cm³/mol. The van der Waals surface area contributed by atoms with E-state index in [1.165, 1.54) is 13.2 Å². The summed E-state index contributed by atoms with van der Waals surface area (Å²) in [5.74, 6) is 1.65. The van der Waals surface area contributed by atoms with Gasteiger partial charge in [-0.1, -0.05) is 69.6 Å². The van der Waals surface area contributed by atoms with Gasteiger partial charge in [-0.05, 0) is 25.7 Å². The summed E-state index contributed by atoms with van der Waals surface area (Å²) in [6.45, 7) is 0. The van der Waals surface area contributed by atoms with Crippen molar-refractivity contribution < 1.29 is 19.4 Å². The Hall–Kier alpha value is -0.260. The van der Waals surface area contributed by atoms with Gasteiger partial charge in [-0.3, -0.25) is 9.59 Å². The second kappa shape index (κ2) is 12.1. The molecule has 1 aliphatic rings. The van der Waals surface area contributed by atoms with Crippen LogP contribution in [0.15, 0.2) is 11.8 Å². The summed E-state index contributed by atoms with van der Waals surface area (Å²) < 4.78 is 2.09. The largest absolute Gasteiger partial charge is 0.499 e. The minimum absolute atomic E-state index is 0.0137. The Kier molecular flexibility index (Phi) is 11.2. The van der Waals surface area contributed by atoms with Gasteiger partial charge in [0.25, 0.3) is 0 Å². The van der Waals surface area contributed by atoms with Crippen LogP contribution in [0.4, 0.5) is 0 Å². The molecular formula is C18H22Cl6N2O4. The summed E-state index contributed by atoms with van der Waals surface area (Å²) in [5, 5.41) is 13.0. The Bertz CT molecular complexity index is 684. The number of carbonyl (C=O) groups is 2. The van der Waals surface area contributed by atoms with Crippen molar-refractivity contribution in [2.75, 3.05) is 7.11 Å². The van der Waals surface area contributed by atoms with Crippen molar-refractivity contribution in [2.45, 2.75) is 64.4 Å². The van der Waals surface area contributed by atoms with Gasteiger partial charge in [0.2, 0.25) is 11.8 Å². The van der Waals surface area contributed by atoms with Gasteiger partial charge in [-0.15, -0.1) is 12.3 Å². The summed E-state index contributed by atoms with van der Waals surface area (Å²) in [5.41, 5.74) is 0. The molecule has 0 saturated carbocycles. The van der Waals surface area contributed by atoms with Crippen LogP contribution in [0.3, 0.4) is 0 Å². The highest BCUT2D eigenvalue weighted by Crippen LogP contribution is 2.37. The number of amides is 2. The first-order chi connectivity index (χ1) is 13.8. The predicted octanol–water partition coefficient (Wildman–Crippen LogP) is 4.24. The smallest absolute Gasteiger partial charge is 0.248 e. The number of aliphatic hydroxyl groups excluding tert-OH is 1. The molecule has 30 heavy (non-hydrogen) atoms. The summed E-state index contributed by atoms with van der Waals surface area (Å²) in [6, 6.07) is -1.77. The van der Waals surface area contributed by atoms with Gasteiger partial charge in [0, 0.05) is 18.9 Å². The van der Waals surface area contributed by atoms with Crippen molar-refractivity contribution in [2.24, 2.45) is 0 Å². The molecule has 0 fully saturated rings. The Labute approximate surface area is 206 Å². The fraction of sp³-hybridized carbons (Fsp3) is 0.667. The number of nitrogens with one attached hydrogen (secondary N) is 1. The van der Waals surface area contributed by atoms with Crippen LogP contribution in [0, 0.1) is 12.3 Å². The molecule has 0 bridgehead atoms. The first-order valence-electron chi connectivity index (χ1n) is 8.91. The molecule has 0 aromatic carbocycles. The molecule has 0 aliphatic carbocycles. The van der Waals surface area contributed by atoms with Crippen LogP contribution in [-0.2, 0) is 14.3 Å². The van der Waals surface area contributed by atoms with E-state index in [0.29, 0.717) is 5.76 Å². The molecule has 0 saturated heterocycles. The van der Waals surface area contributed by atoms with Gasteiger partial charge in [-0.25, -0.2) is 0 Å². The highest BCUT2D eigenvalue weighted by molar-refractivity contribution is 6.67. The molecule has 0 radical (unpaired) electrons. The number of halogens is 6. The van der Waals surface area contributed by atoms with Gasteiger partial charge >= 0.3 is 0 Å².